The molecule has 4 aromatic rings. The molecule has 1 aliphatic carbocycles. The number of fused-ring (bicyclic) bond motifs is 2. The van der Waals surface area contributed by atoms with Crippen LogP contribution in [0.2, 0.25) is 0 Å². The summed E-state index contributed by atoms with van der Waals surface area (Å²) in [7, 11) is 1.58. The minimum atomic E-state index is -1.07. The van der Waals surface area contributed by atoms with Crippen molar-refractivity contribution in [2.45, 2.75) is 57.4 Å². The van der Waals surface area contributed by atoms with Gasteiger partial charge in [0.05, 0.1) is 60.2 Å². The monoisotopic (exact) mass is 621 g/mol. The maximum atomic E-state index is 12.5. The van der Waals surface area contributed by atoms with Crippen molar-refractivity contribution in [1.29, 1.82) is 5.26 Å². The molecule has 7 rings (SSSR count). The second-order valence-corrected chi connectivity index (χ2v) is 12.5. The van der Waals surface area contributed by atoms with E-state index in [-0.39, 0.29) is 29.5 Å². The van der Waals surface area contributed by atoms with Crippen molar-refractivity contribution in [1.82, 2.24) is 19.4 Å². The summed E-state index contributed by atoms with van der Waals surface area (Å²) < 4.78 is 19.3. The van der Waals surface area contributed by atoms with Gasteiger partial charge in [-0.25, -0.2) is 14.8 Å². The number of aromatic nitrogens is 3. The van der Waals surface area contributed by atoms with Crippen molar-refractivity contribution in [3.8, 4) is 17.7 Å². The molecule has 2 aliphatic heterocycles. The number of likely N-dealkylation sites (tertiary alicyclic amines) is 1. The third-order valence-electron chi connectivity index (χ3n) is 9.71. The van der Waals surface area contributed by atoms with Crippen LogP contribution in [0.3, 0.4) is 0 Å². The molecule has 1 saturated carbocycles. The first-order valence-electron chi connectivity index (χ1n) is 15.6. The van der Waals surface area contributed by atoms with Gasteiger partial charge in [-0.2, -0.15) is 5.26 Å². The molecule has 1 N–H and O–H groups in total. The van der Waals surface area contributed by atoms with Crippen LogP contribution in [-0.2, 0) is 29.8 Å². The van der Waals surface area contributed by atoms with Gasteiger partial charge in [-0.3, -0.25) is 9.69 Å². The van der Waals surface area contributed by atoms with E-state index in [4.69, 9.17) is 24.2 Å². The van der Waals surface area contributed by atoms with Crippen LogP contribution in [0.25, 0.3) is 11.0 Å². The maximum Gasteiger partial charge on any atom is 0.335 e. The van der Waals surface area contributed by atoms with Gasteiger partial charge in [0.2, 0.25) is 5.88 Å². The fourth-order valence-electron chi connectivity index (χ4n) is 6.95. The van der Waals surface area contributed by atoms with Crippen molar-refractivity contribution in [3.05, 3.63) is 82.3 Å². The van der Waals surface area contributed by atoms with Crippen LogP contribution >= 0.6 is 0 Å². The van der Waals surface area contributed by atoms with Crippen LogP contribution in [0.5, 0.6) is 11.6 Å². The van der Waals surface area contributed by atoms with Gasteiger partial charge in [0.15, 0.2) is 5.78 Å². The van der Waals surface area contributed by atoms with Crippen LogP contribution in [-0.4, -0.2) is 69.2 Å². The molecule has 0 radical (unpaired) electrons. The molecule has 11 nitrogen and oxygen atoms in total. The molecular formula is C35H35N5O6. The van der Waals surface area contributed by atoms with E-state index in [1.165, 1.54) is 13.0 Å². The summed E-state index contributed by atoms with van der Waals surface area (Å²) in [6.07, 6.45) is 2.97. The second kappa shape index (κ2) is 11.9. The average Bonchev–Trinajstić information content (AvgIpc) is 3.68. The van der Waals surface area contributed by atoms with E-state index in [9.17, 15) is 20.0 Å². The number of methoxy groups -OCH3 is 1. The topological polar surface area (TPSA) is 140 Å². The summed E-state index contributed by atoms with van der Waals surface area (Å²) >= 11 is 0. The van der Waals surface area contributed by atoms with Gasteiger partial charge >= 0.3 is 5.97 Å². The number of aromatic carboxylic acids is 1. The van der Waals surface area contributed by atoms with E-state index in [2.05, 4.69) is 21.6 Å². The quantitative estimate of drug-likeness (QED) is 0.234. The number of carboxylic acid groups (broad SMARTS) is 1. The molecule has 46 heavy (non-hydrogen) atoms. The van der Waals surface area contributed by atoms with Crippen molar-refractivity contribution in [2.75, 3.05) is 26.8 Å². The zero-order valence-corrected chi connectivity index (χ0v) is 25.9. The van der Waals surface area contributed by atoms with Crippen molar-refractivity contribution in [2.24, 2.45) is 5.92 Å². The summed E-state index contributed by atoms with van der Waals surface area (Å²) in [6.45, 7) is 5.35. The lowest BCUT2D eigenvalue weighted by Gasteiger charge is -2.32. The number of carbonyl (C=O) groups excluding carboxylic acids is 1. The third kappa shape index (κ3) is 5.48. The Morgan fingerprint density at radius 1 is 1.20 bits per heavy atom. The van der Waals surface area contributed by atoms with E-state index < -0.39 is 5.97 Å². The van der Waals surface area contributed by atoms with E-state index in [0.717, 1.165) is 49.4 Å². The predicted octanol–water partition coefficient (Wildman–Crippen LogP) is 4.74. The number of ether oxygens (including phenoxy) is 3. The molecule has 0 spiro atoms. The standard InChI is InChI=1S/C35H35N5O6/c1-21(41)27-13-24(34(42)43)14-28-33(27)38-31(40(28)18-26-8-11-45-26)19-39-10-9-35(15-25(35)17-39)30-4-3-5-32(37-30)46-20-23-7-6-22(16-36)12-29(23)44-2/h3-7,12-14,25-26H,8-11,15,17-20H2,1-2H3,(H,42,43). The molecule has 0 amide bonds. The van der Waals surface area contributed by atoms with Gasteiger partial charge < -0.3 is 23.9 Å². The fourth-order valence-corrected chi connectivity index (χ4v) is 6.95. The third-order valence-corrected chi connectivity index (χ3v) is 9.71. The number of benzene rings is 2. The van der Waals surface area contributed by atoms with Crippen molar-refractivity contribution < 1.29 is 28.9 Å². The number of nitrogens with zero attached hydrogens (tertiary/aromatic N) is 5. The van der Waals surface area contributed by atoms with Crippen LogP contribution in [0.15, 0.2) is 48.5 Å². The number of hydrogen-bond acceptors (Lipinski definition) is 9. The van der Waals surface area contributed by atoms with E-state index in [0.29, 0.717) is 59.4 Å². The summed E-state index contributed by atoms with van der Waals surface area (Å²) in [5, 5.41) is 18.9. The Morgan fingerprint density at radius 2 is 2.04 bits per heavy atom. The number of carboxylic acids is 1. The van der Waals surface area contributed by atoms with Crippen LogP contribution < -0.4 is 9.47 Å². The zero-order valence-electron chi connectivity index (χ0n) is 25.9. The Balaban J connectivity index is 1.07. The van der Waals surface area contributed by atoms with Gasteiger partial charge in [-0.15, -0.1) is 0 Å². The highest BCUT2D eigenvalue weighted by Gasteiger charge is 2.58. The summed E-state index contributed by atoms with van der Waals surface area (Å²) in [5.41, 5.74) is 4.05. The molecule has 0 bridgehead atoms. The lowest BCUT2D eigenvalue weighted by molar-refractivity contribution is -0.0592. The highest BCUT2D eigenvalue weighted by Crippen LogP contribution is 2.59. The molecule has 3 atom stereocenters. The second-order valence-electron chi connectivity index (χ2n) is 12.5. The van der Waals surface area contributed by atoms with Gasteiger partial charge in [0, 0.05) is 35.8 Å². The van der Waals surface area contributed by atoms with Crippen molar-refractivity contribution in [3.63, 3.8) is 0 Å². The lowest BCUT2D eigenvalue weighted by Crippen LogP contribution is -2.37. The summed E-state index contributed by atoms with van der Waals surface area (Å²) in [5.74, 6) is 1.14. The van der Waals surface area contributed by atoms with Crippen molar-refractivity contribution >= 4 is 22.8 Å². The average molecular weight is 622 g/mol. The fraction of sp³-hybridized carbons (Fsp3) is 0.400. The smallest absolute Gasteiger partial charge is 0.335 e. The molecule has 2 aromatic carbocycles. The molecule has 236 valence electrons. The number of hydrogen-bond donors (Lipinski definition) is 1. The minimum absolute atomic E-state index is 0.0140. The first kappa shape index (κ1) is 29.9. The molecule has 3 aliphatic rings. The summed E-state index contributed by atoms with van der Waals surface area (Å²) in [6, 6.07) is 16.4. The van der Waals surface area contributed by atoms with Gasteiger partial charge in [0.1, 0.15) is 18.2 Å². The number of rotatable bonds is 11. The van der Waals surface area contributed by atoms with E-state index in [1.54, 1.807) is 25.3 Å². The maximum absolute atomic E-state index is 12.5. The molecule has 3 unspecified atom stereocenters. The highest BCUT2D eigenvalue weighted by atomic mass is 16.5. The molecular weight excluding hydrogens is 586 g/mol. The van der Waals surface area contributed by atoms with E-state index >= 15 is 0 Å². The van der Waals surface area contributed by atoms with Crippen LogP contribution in [0.4, 0.5) is 0 Å². The zero-order chi connectivity index (χ0) is 32.0. The minimum Gasteiger partial charge on any atom is -0.496 e. The Kier molecular flexibility index (Phi) is 7.71. The number of ketones is 1. The number of nitriles is 1. The van der Waals surface area contributed by atoms with Gasteiger partial charge in [0.25, 0.3) is 0 Å². The van der Waals surface area contributed by atoms with Gasteiger partial charge in [-0.05, 0) is 69.0 Å². The number of Topliss-reactive ketones (excluding diaryl/α,β-unsaturated/α-hetero) is 1. The molecule has 2 aromatic heterocycles. The number of pyridine rings is 1. The largest absolute Gasteiger partial charge is 0.496 e. The van der Waals surface area contributed by atoms with E-state index in [1.807, 2.05) is 18.2 Å². The molecule has 11 heteroatoms. The first-order valence-corrected chi connectivity index (χ1v) is 15.6. The van der Waals surface area contributed by atoms with Gasteiger partial charge in [-0.1, -0.05) is 12.1 Å². The SMILES string of the molecule is COc1cc(C#N)ccc1COc1cccc(C23CCN(Cc4nc5c(C(C)=O)cc(C(=O)O)cc5n4CC4CCO4)CC2C3)n1. The first-order chi connectivity index (χ1) is 22.3. The number of imidazole rings is 1. The van der Waals surface area contributed by atoms with Crippen LogP contribution in [0.1, 0.15) is 69.5 Å². The Bertz CT molecular complexity index is 1890. The normalized spacial score (nSPS) is 22.0. The number of piperidine rings is 1. The molecule has 4 heterocycles. The Hall–Kier alpha value is -4.79. The highest BCUT2D eigenvalue weighted by molar-refractivity contribution is 6.08. The molecule has 3 fully saturated rings. The Morgan fingerprint density at radius 3 is 2.74 bits per heavy atom. The van der Waals surface area contributed by atoms with Crippen LogP contribution in [0, 0.1) is 17.2 Å². The number of carbonyl (C=O) groups is 2. The summed E-state index contributed by atoms with van der Waals surface area (Å²) in [4.78, 5) is 36.7. The predicted molar refractivity (Wildman–Crippen MR) is 167 cm³/mol. The lowest BCUT2D eigenvalue weighted by atomic mass is 9.91. The molecule has 2 saturated heterocycles. The Labute approximate surface area is 266 Å².